The number of hydrogen-bond donors (Lipinski definition) is 1. The summed E-state index contributed by atoms with van der Waals surface area (Å²) in [5.41, 5.74) is 1.13. The van der Waals surface area contributed by atoms with Gasteiger partial charge in [0.1, 0.15) is 11.8 Å². The maximum atomic E-state index is 12.6. The van der Waals surface area contributed by atoms with Crippen molar-refractivity contribution in [3.05, 3.63) is 59.1 Å². The summed E-state index contributed by atoms with van der Waals surface area (Å²) >= 11 is 6.02. The summed E-state index contributed by atoms with van der Waals surface area (Å²) in [6.45, 7) is 1.82. The highest BCUT2D eigenvalue weighted by atomic mass is 35.5. The Balaban J connectivity index is 2.29. The molecule has 0 aromatic heterocycles. The van der Waals surface area contributed by atoms with Crippen LogP contribution in [0.3, 0.4) is 0 Å². The fourth-order valence-corrected chi connectivity index (χ4v) is 3.89. The Bertz CT molecular complexity index is 872. The van der Waals surface area contributed by atoms with Crippen LogP contribution in [0.25, 0.3) is 0 Å². The zero-order valence-electron chi connectivity index (χ0n) is 14.8. The fraction of sp³-hybridized carbons (Fsp3) is 0.278. The van der Waals surface area contributed by atoms with Gasteiger partial charge in [0.15, 0.2) is 0 Å². The quantitative estimate of drug-likeness (QED) is 0.780. The lowest BCUT2D eigenvalue weighted by Crippen LogP contribution is -2.47. The molecule has 0 saturated carbocycles. The monoisotopic (exact) mass is 396 g/mol. The van der Waals surface area contributed by atoms with Crippen LogP contribution in [0.15, 0.2) is 48.5 Å². The van der Waals surface area contributed by atoms with Crippen LogP contribution < -0.4 is 14.4 Å². The summed E-state index contributed by atoms with van der Waals surface area (Å²) in [6.07, 6.45) is 1.04. The Labute approximate surface area is 158 Å². The van der Waals surface area contributed by atoms with E-state index in [0.29, 0.717) is 17.3 Å². The van der Waals surface area contributed by atoms with Crippen molar-refractivity contribution < 1.29 is 17.9 Å². The van der Waals surface area contributed by atoms with Crippen LogP contribution in [-0.4, -0.2) is 33.7 Å². The van der Waals surface area contributed by atoms with Gasteiger partial charge in [-0.3, -0.25) is 9.10 Å². The number of rotatable bonds is 7. The Morgan fingerprint density at radius 3 is 2.46 bits per heavy atom. The SMILES string of the molecule is COc1ccc(Cl)cc1N([C@H](C)C(=O)NCc1ccccc1)S(C)(=O)=O. The smallest absolute Gasteiger partial charge is 0.243 e. The van der Waals surface area contributed by atoms with E-state index in [0.717, 1.165) is 16.1 Å². The zero-order valence-corrected chi connectivity index (χ0v) is 16.3. The molecule has 6 nitrogen and oxygen atoms in total. The number of amides is 1. The molecule has 0 aliphatic heterocycles. The van der Waals surface area contributed by atoms with Gasteiger partial charge in [-0.15, -0.1) is 0 Å². The number of nitrogens with zero attached hydrogens (tertiary/aromatic N) is 1. The first-order valence-electron chi connectivity index (χ1n) is 7.88. The van der Waals surface area contributed by atoms with Gasteiger partial charge in [0.2, 0.25) is 15.9 Å². The first kappa shape index (κ1) is 20.1. The number of benzene rings is 2. The van der Waals surface area contributed by atoms with Crippen molar-refractivity contribution in [2.24, 2.45) is 0 Å². The molecule has 1 amide bonds. The van der Waals surface area contributed by atoms with E-state index in [1.165, 1.54) is 20.1 Å². The third-order valence-electron chi connectivity index (χ3n) is 3.78. The number of carbonyl (C=O) groups excluding carboxylic acids is 1. The van der Waals surface area contributed by atoms with E-state index in [9.17, 15) is 13.2 Å². The molecule has 0 unspecified atom stereocenters. The van der Waals surface area contributed by atoms with Gasteiger partial charge in [-0.1, -0.05) is 41.9 Å². The van der Waals surface area contributed by atoms with Gasteiger partial charge in [0, 0.05) is 11.6 Å². The lowest BCUT2D eigenvalue weighted by atomic mass is 10.2. The summed E-state index contributed by atoms with van der Waals surface area (Å²) in [4.78, 5) is 12.6. The molecule has 0 aliphatic rings. The van der Waals surface area contributed by atoms with Crippen LogP contribution in [0.1, 0.15) is 12.5 Å². The minimum atomic E-state index is -3.76. The molecule has 0 saturated heterocycles. The number of methoxy groups -OCH3 is 1. The van der Waals surface area contributed by atoms with E-state index in [-0.39, 0.29) is 5.69 Å². The molecule has 2 aromatic carbocycles. The van der Waals surface area contributed by atoms with Crippen LogP contribution in [0.2, 0.25) is 5.02 Å². The number of nitrogens with one attached hydrogen (secondary N) is 1. The van der Waals surface area contributed by atoms with Crippen molar-refractivity contribution >= 4 is 33.2 Å². The largest absolute Gasteiger partial charge is 0.495 e. The Kier molecular flexibility index (Phi) is 6.50. The average Bonchev–Trinajstić information content (AvgIpc) is 2.59. The zero-order chi connectivity index (χ0) is 19.3. The van der Waals surface area contributed by atoms with Crippen molar-refractivity contribution in [1.29, 1.82) is 0 Å². The highest BCUT2D eigenvalue weighted by Gasteiger charge is 2.31. The molecule has 1 atom stereocenters. The highest BCUT2D eigenvalue weighted by Crippen LogP contribution is 2.34. The fourth-order valence-electron chi connectivity index (χ4n) is 2.55. The van der Waals surface area contributed by atoms with Crippen LogP contribution >= 0.6 is 11.6 Å². The number of halogens is 1. The lowest BCUT2D eigenvalue weighted by molar-refractivity contribution is -0.122. The normalized spacial score (nSPS) is 12.3. The second kappa shape index (κ2) is 8.42. The summed E-state index contributed by atoms with van der Waals surface area (Å²) in [5, 5.41) is 3.09. The predicted molar refractivity (Wildman–Crippen MR) is 103 cm³/mol. The summed E-state index contributed by atoms with van der Waals surface area (Å²) in [5.74, 6) is -0.121. The lowest BCUT2D eigenvalue weighted by Gasteiger charge is -2.29. The van der Waals surface area contributed by atoms with E-state index in [2.05, 4.69) is 5.32 Å². The first-order chi connectivity index (χ1) is 12.2. The highest BCUT2D eigenvalue weighted by molar-refractivity contribution is 7.92. The van der Waals surface area contributed by atoms with Gasteiger partial charge in [-0.25, -0.2) is 8.42 Å². The summed E-state index contributed by atoms with van der Waals surface area (Å²) in [6, 6.07) is 13.0. The number of ether oxygens (including phenoxy) is 1. The molecule has 1 N–H and O–H groups in total. The molecular formula is C18H21ClN2O4S. The summed E-state index contributed by atoms with van der Waals surface area (Å²) in [7, 11) is -2.34. The molecule has 26 heavy (non-hydrogen) atoms. The molecule has 0 radical (unpaired) electrons. The Hall–Kier alpha value is -2.25. The van der Waals surface area contributed by atoms with Gasteiger partial charge >= 0.3 is 0 Å². The second-order valence-corrected chi connectivity index (χ2v) is 8.05. The van der Waals surface area contributed by atoms with Gasteiger partial charge in [0.05, 0.1) is 19.1 Å². The van der Waals surface area contributed by atoms with E-state index in [1.54, 1.807) is 12.1 Å². The molecule has 0 spiro atoms. The third-order valence-corrected chi connectivity index (χ3v) is 5.24. The minimum Gasteiger partial charge on any atom is -0.495 e. The van der Waals surface area contributed by atoms with E-state index in [1.807, 2.05) is 30.3 Å². The van der Waals surface area contributed by atoms with E-state index >= 15 is 0 Å². The molecular weight excluding hydrogens is 376 g/mol. The topological polar surface area (TPSA) is 75.7 Å². The van der Waals surface area contributed by atoms with E-state index < -0.39 is 22.0 Å². The average molecular weight is 397 g/mol. The Morgan fingerprint density at radius 2 is 1.88 bits per heavy atom. The van der Waals surface area contributed by atoms with Crippen LogP contribution in [0.5, 0.6) is 5.75 Å². The number of carbonyl (C=O) groups is 1. The molecule has 0 fully saturated rings. The van der Waals surface area contributed by atoms with Crippen molar-refractivity contribution in [1.82, 2.24) is 5.32 Å². The maximum absolute atomic E-state index is 12.6. The molecule has 0 bridgehead atoms. The van der Waals surface area contributed by atoms with Crippen molar-refractivity contribution in [2.45, 2.75) is 19.5 Å². The first-order valence-corrected chi connectivity index (χ1v) is 10.1. The van der Waals surface area contributed by atoms with Crippen LogP contribution in [-0.2, 0) is 21.4 Å². The van der Waals surface area contributed by atoms with E-state index in [4.69, 9.17) is 16.3 Å². The van der Waals surface area contributed by atoms with Gasteiger partial charge in [-0.05, 0) is 30.7 Å². The maximum Gasteiger partial charge on any atom is 0.243 e. The molecule has 8 heteroatoms. The number of anilines is 1. The van der Waals surface area contributed by atoms with Crippen molar-refractivity contribution in [3.8, 4) is 5.75 Å². The third kappa shape index (κ3) is 4.89. The molecule has 140 valence electrons. The van der Waals surface area contributed by atoms with Crippen molar-refractivity contribution in [2.75, 3.05) is 17.7 Å². The van der Waals surface area contributed by atoms with Gasteiger partial charge in [0.25, 0.3) is 0 Å². The molecule has 0 aliphatic carbocycles. The van der Waals surface area contributed by atoms with Crippen LogP contribution in [0.4, 0.5) is 5.69 Å². The molecule has 2 rings (SSSR count). The van der Waals surface area contributed by atoms with Gasteiger partial charge in [-0.2, -0.15) is 0 Å². The minimum absolute atomic E-state index is 0.213. The van der Waals surface area contributed by atoms with Crippen LogP contribution in [0, 0.1) is 0 Å². The number of sulfonamides is 1. The molecule has 0 heterocycles. The van der Waals surface area contributed by atoms with Gasteiger partial charge < -0.3 is 10.1 Å². The predicted octanol–water partition coefficient (Wildman–Crippen LogP) is 2.82. The summed E-state index contributed by atoms with van der Waals surface area (Å²) < 4.78 is 31.0. The van der Waals surface area contributed by atoms with Crippen molar-refractivity contribution in [3.63, 3.8) is 0 Å². The second-order valence-electron chi connectivity index (χ2n) is 5.75. The Morgan fingerprint density at radius 1 is 1.23 bits per heavy atom. The molecule has 2 aromatic rings. The standard InChI is InChI=1S/C18H21ClN2O4S/c1-13(18(22)20-12-14-7-5-4-6-8-14)21(26(3,23)24)16-11-15(19)9-10-17(16)25-2/h4-11,13H,12H2,1-3H3,(H,20,22)/t13-/m1/s1. The number of hydrogen-bond acceptors (Lipinski definition) is 4.